The highest BCUT2D eigenvalue weighted by Gasteiger charge is 2.13. The number of rotatable bonds is 17. The number of carbonyl (C=O) groups excluding carboxylic acids is 2. The third kappa shape index (κ3) is 10.4. The number of benzene rings is 3. The van der Waals surface area contributed by atoms with E-state index in [9.17, 15) is 9.59 Å². The van der Waals surface area contributed by atoms with Crippen molar-refractivity contribution in [3.63, 3.8) is 0 Å². The molecule has 0 aliphatic rings. The van der Waals surface area contributed by atoms with Crippen LogP contribution >= 0.6 is 0 Å². The fourth-order valence-electron chi connectivity index (χ4n) is 4.61. The van der Waals surface area contributed by atoms with E-state index in [0.717, 1.165) is 68.4 Å². The summed E-state index contributed by atoms with van der Waals surface area (Å²) in [5.41, 5.74) is 8.51. The van der Waals surface area contributed by atoms with Crippen LogP contribution in [0, 0.1) is 13.8 Å². The fourth-order valence-corrected chi connectivity index (χ4v) is 4.61. The molecule has 0 radical (unpaired) electrons. The minimum absolute atomic E-state index is 0.357. The first-order chi connectivity index (χ1) is 19.9. The van der Waals surface area contributed by atoms with Gasteiger partial charge >= 0.3 is 11.9 Å². The van der Waals surface area contributed by atoms with Gasteiger partial charge in [0.2, 0.25) is 0 Å². The highest BCUT2D eigenvalue weighted by atomic mass is 16.5. The first-order valence-corrected chi connectivity index (χ1v) is 14.5. The molecule has 3 aromatic rings. The van der Waals surface area contributed by atoms with Gasteiger partial charge in [0.15, 0.2) is 0 Å². The van der Waals surface area contributed by atoms with E-state index in [1.54, 1.807) is 0 Å². The molecule has 5 heteroatoms. The SMILES string of the molecule is C=CC(=O)OCCCCCc1ccc(N(c2ccc(CCCCCOC(=O)C=C)cc2)c2ccc(C)c(C)c2)cc1. The van der Waals surface area contributed by atoms with Crippen LogP contribution in [0.15, 0.2) is 92.0 Å². The Labute approximate surface area is 245 Å². The molecule has 5 nitrogen and oxygen atoms in total. The standard InChI is InChI=1S/C36H43NO4/c1-5-35(38)40-25-11-7-9-13-30-16-21-32(22-17-30)37(34-20-15-28(3)29(4)27-34)33-23-18-31(19-24-33)14-10-8-12-26-41-36(39)6-2/h5-6,15-24,27H,1-2,7-14,25-26H2,3-4H3. The average molecular weight is 554 g/mol. The lowest BCUT2D eigenvalue weighted by Gasteiger charge is -2.26. The topological polar surface area (TPSA) is 55.8 Å². The largest absolute Gasteiger partial charge is 0.463 e. The summed E-state index contributed by atoms with van der Waals surface area (Å²) in [5.74, 6) is -0.714. The van der Waals surface area contributed by atoms with E-state index in [2.05, 4.69) is 98.6 Å². The molecule has 41 heavy (non-hydrogen) atoms. The summed E-state index contributed by atoms with van der Waals surface area (Å²) in [6.07, 6.45) is 10.2. The van der Waals surface area contributed by atoms with Gasteiger partial charge in [0, 0.05) is 29.2 Å². The molecule has 0 fully saturated rings. The monoisotopic (exact) mass is 553 g/mol. The van der Waals surface area contributed by atoms with E-state index in [-0.39, 0.29) is 11.9 Å². The van der Waals surface area contributed by atoms with Gasteiger partial charge in [-0.3, -0.25) is 0 Å². The number of ether oxygens (including phenoxy) is 2. The molecule has 0 N–H and O–H groups in total. The molecule has 0 saturated carbocycles. The second-order valence-corrected chi connectivity index (χ2v) is 10.3. The Bertz CT molecular complexity index is 1200. The van der Waals surface area contributed by atoms with Gasteiger partial charge in [0.1, 0.15) is 0 Å². The van der Waals surface area contributed by atoms with Crippen LogP contribution in [0.5, 0.6) is 0 Å². The Hall–Kier alpha value is -4.12. The summed E-state index contributed by atoms with van der Waals surface area (Å²) in [5, 5.41) is 0. The number of nitrogens with zero attached hydrogens (tertiary/aromatic N) is 1. The van der Waals surface area contributed by atoms with Crippen molar-refractivity contribution in [1.82, 2.24) is 0 Å². The maximum Gasteiger partial charge on any atom is 0.330 e. The lowest BCUT2D eigenvalue weighted by atomic mass is 10.0. The van der Waals surface area contributed by atoms with E-state index in [1.165, 1.54) is 34.4 Å². The van der Waals surface area contributed by atoms with Crippen LogP contribution in [-0.4, -0.2) is 25.2 Å². The fraction of sp³-hybridized carbons (Fsp3) is 0.333. The molecule has 0 saturated heterocycles. The third-order valence-corrected chi connectivity index (χ3v) is 7.18. The Morgan fingerprint density at radius 3 is 1.46 bits per heavy atom. The van der Waals surface area contributed by atoms with Gasteiger partial charge in [0.05, 0.1) is 13.2 Å². The zero-order valence-electron chi connectivity index (χ0n) is 24.6. The summed E-state index contributed by atoms with van der Waals surface area (Å²) in [4.78, 5) is 24.6. The van der Waals surface area contributed by atoms with Gasteiger partial charge in [-0.05, 0) is 124 Å². The van der Waals surface area contributed by atoms with Crippen molar-refractivity contribution < 1.29 is 19.1 Å². The molecule has 216 valence electrons. The number of unbranched alkanes of at least 4 members (excludes halogenated alkanes) is 4. The molecule has 0 amide bonds. The van der Waals surface area contributed by atoms with Crippen LogP contribution in [0.1, 0.15) is 60.8 Å². The molecule has 0 atom stereocenters. The number of anilines is 3. The normalized spacial score (nSPS) is 10.6. The quantitative estimate of drug-likeness (QED) is 0.0951. The summed E-state index contributed by atoms with van der Waals surface area (Å²) in [6.45, 7) is 12.0. The second kappa shape index (κ2) is 16.9. The Balaban J connectivity index is 1.63. The Kier molecular flexibility index (Phi) is 12.9. The number of hydrogen-bond acceptors (Lipinski definition) is 5. The van der Waals surface area contributed by atoms with Crippen molar-refractivity contribution >= 4 is 29.0 Å². The molecule has 0 spiro atoms. The van der Waals surface area contributed by atoms with Crippen LogP contribution in [0.3, 0.4) is 0 Å². The molecule has 3 aromatic carbocycles. The first kappa shape index (κ1) is 31.4. The lowest BCUT2D eigenvalue weighted by Crippen LogP contribution is -2.10. The van der Waals surface area contributed by atoms with Crippen LogP contribution in [0.2, 0.25) is 0 Å². The van der Waals surface area contributed by atoms with Crippen LogP contribution in [-0.2, 0) is 31.9 Å². The summed E-state index contributed by atoms with van der Waals surface area (Å²) < 4.78 is 10.1. The molecule has 0 aliphatic heterocycles. The smallest absolute Gasteiger partial charge is 0.330 e. The van der Waals surface area contributed by atoms with Gasteiger partial charge in [-0.1, -0.05) is 43.5 Å². The van der Waals surface area contributed by atoms with Crippen LogP contribution in [0.25, 0.3) is 0 Å². The van der Waals surface area contributed by atoms with Crippen molar-refractivity contribution in [2.45, 2.75) is 65.2 Å². The summed E-state index contributed by atoms with van der Waals surface area (Å²) >= 11 is 0. The van der Waals surface area contributed by atoms with E-state index in [0.29, 0.717) is 13.2 Å². The highest BCUT2D eigenvalue weighted by molar-refractivity contribution is 5.81. The lowest BCUT2D eigenvalue weighted by molar-refractivity contribution is -0.138. The van der Waals surface area contributed by atoms with Gasteiger partial charge in [-0.2, -0.15) is 0 Å². The summed E-state index contributed by atoms with van der Waals surface area (Å²) in [7, 11) is 0. The van der Waals surface area contributed by atoms with Crippen molar-refractivity contribution in [3.8, 4) is 0 Å². The van der Waals surface area contributed by atoms with Crippen molar-refractivity contribution in [2.24, 2.45) is 0 Å². The third-order valence-electron chi connectivity index (χ3n) is 7.18. The predicted molar refractivity (Wildman–Crippen MR) is 168 cm³/mol. The van der Waals surface area contributed by atoms with Gasteiger partial charge in [-0.25, -0.2) is 9.59 Å². The Morgan fingerprint density at radius 2 is 1.05 bits per heavy atom. The summed E-state index contributed by atoms with van der Waals surface area (Å²) in [6, 6.07) is 24.2. The molecule has 0 bridgehead atoms. The maximum absolute atomic E-state index is 11.1. The molecule has 0 aromatic heterocycles. The predicted octanol–water partition coefficient (Wildman–Crippen LogP) is 8.66. The van der Waals surface area contributed by atoms with Crippen molar-refractivity contribution in [1.29, 1.82) is 0 Å². The average Bonchev–Trinajstić information content (AvgIpc) is 2.99. The van der Waals surface area contributed by atoms with E-state index in [4.69, 9.17) is 9.47 Å². The van der Waals surface area contributed by atoms with E-state index in [1.807, 2.05) is 0 Å². The van der Waals surface area contributed by atoms with Gasteiger partial charge in [0.25, 0.3) is 0 Å². The highest BCUT2D eigenvalue weighted by Crippen LogP contribution is 2.35. The minimum Gasteiger partial charge on any atom is -0.463 e. The number of aryl methyl sites for hydroxylation is 4. The maximum atomic E-state index is 11.1. The van der Waals surface area contributed by atoms with E-state index < -0.39 is 0 Å². The van der Waals surface area contributed by atoms with Gasteiger partial charge < -0.3 is 14.4 Å². The number of hydrogen-bond donors (Lipinski definition) is 0. The second-order valence-electron chi connectivity index (χ2n) is 10.3. The van der Waals surface area contributed by atoms with Crippen LogP contribution in [0.4, 0.5) is 17.1 Å². The van der Waals surface area contributed by atoms with Crippen molar-refractivity contribution in [3.05, 3.63) is 114 Å². The molecular formula is C36H43NO4. The van der Waals surface area contributed by atoms with Crippen LogP contribution < -0.4 is 4.90 Å². The zero-order chi connectivity index (χ0) is 29.5. The van der Waals surface area contributed by atoms with Crippen molar-refractivity contribution in [2.75, 3.05) is 18.1 Å². The minimum atomic E-state index is -0.357. The molecular weight excluding hydrogens is 510 g/mol. The first-order valence-electron chi connectivity index (χ1n) is 14.5. The Morgan fingerprint density at radius 1 is 0.610 bits per heavy atom. The molecule has 0 heterocycles. The molecule has 0 unspecified atom stereocenters. The molecule has 0 aliphatic carbocycles. The van der Waals surface area contributed by atoms with Gasteiger partial charge in [-0.15, -0.1) is 0 Å². The number of esters is 2. The number of carbonyl (C=O) groups is 2. The zero-order valence-corrected chi connectivity index (χ0v) is 24.6. The van der Waals surface area contributed by atoms with E-state index >= 15 is 0 Å². The molecule has 3 rings (SSSR count).